The average molecular weight is 178 g/mol. The summed E-state index contributed by atoms with van der Waals surface area (Å²) >= 11 is 0. The van der Waals surface area contributed by atoms with Gasteiger partial charge in [-0.25, -0.2) is 0 Å². The van der Waals surface area contributed by atoms with Gasteiger partial charge in [0.05, 0.1) is 6.10 Å². The molecule has 0 bridgehead atoms. The number of aliphatic hydroxyl groups is 3. The fourth-order valence-corrected chi connectivity index (χ4v) is 0.833. The molecule has 0 saturated carbocycles. The molecule has 0 aromatic rings. The topological polar surface area (TPSA) is 87.0 Å². The van der Waals surface area contributed by atoms with Gasteiger partial charge < -0.3 is 24.9 Å². The van der Waals surface area contributed by atoms with E-state index in [0.717, 1.165) is 0 Å². The molecule has 0 aliphatic carbocycles. The first-order chi connectivity index (χ1) is 5.54. The molecule has 0 aliphatic heterocycles. The summed E-state index contributed by atoms with van der Waals surface area (Å²) in [6.07, 6.45) is -4.57. The van der Waals surface area contributed by atoms with Crippen LogP contribution in [0.3, 0.4) is 0 Å². The van der Waals surface area contributed by atoms with Gasteiger partial charge in [0.1, 0.15) is 18.3 Å². The van der Waals surface area contributed by atoms with Crippen molar-refractivity contribution in [3.05, 3.63) is 0 Å². The van der Waals surface area contributed by atoms with Gasteiger partial charge >= 0.3 is 0 Å². The van der Waals surface area contributed by atoms with Crippen molar-refractivity contribution < 1.29 is 24.9 Å². The van der Waals surface area contributed by atoms with Gasteiger partial charge in [-0.1, -0.05) is 0 Å². The van der Waals surface area contributed by atoms with E-state index in [2.05, 4.69) is 4.74 Å². The van der Waals surface area contributed by atoms with Crippen LogP contribution < -0.4 is 0 Å². The van der Waals surface area contributed by atoms with Crippen LogP contribution in [-0.4, -0.2) is 53.1 Å². The normalized spacial score (nSPS) is 21.1. The Bertz CT molecular complexity index is 136. The third-order valence-electron chi connectivity index (χ3n) is 1.58. The number of aldehydes is 1. The Morgan fingerprint density at radius 2 is 1.83 bits per heavy atom. The smallest absolute Gasteiger partial charge is 0.151 e. The van der Waals surface area contributed by atoms with Gasteiger partial charge in [-0.2, -0.15) is 0 Å². The lowest BCUT2D eigenvalue weighted by Gasteiger charge is -2.24. The highest BCUT2D eigenvalue weighted by Crippen LogP contribution is 2.06. The van der Waals surface area contributed by atoms with Crippen LogP contribution in [0.4, 0.5) is 0 Å². The Labute approximate surface area is 70.6 Å². The standard InChI is InChI=1S/C7H14O5/c1-4(9)6(11)7(12-2)5(10)3-8/h3-7,9-11H,1-2H3/t4-,5-,6+,7-/m0/s1. The molecule has 0 heterocycles. The number of methoxy groups -OCH3 is 1. The second-order valence-corrected chi connectivity index (χ2v) is 2.56. The van der Waals surface area contributed by atoms with Crippen molar-refractivity contribution in [2.45, 2.75) is 31.3 Å². The van der Waals surface area contributed by atoms with E-state index in [1.807, 2.05) is 0 Å². The van der Waals surface area contributed by atoms with E-state index in [9.17, 15) is 9.90 Å². The molecule has 0 aromatic heterocycles. The van der Waals surface area contributed by atoms with E-state index < -0.39 is 24.4 Å². The maximum absolute atomic E-state index is 10.1. The van der Waals surface area contributed by atoms with Gasteiger partial charge in [0.2, 0.25) is 0 Å². The zero-order valence-electron chi connectivity index (χ0n) is 7.04. The molecule has 0 amide bonds. The summed E-state index contributed by atoms with van der Waals surface area (Å²) in [5, 5.41) is 27.1. The minimum atomic E-state index is -1.42. The summed E-state index contributed by atoms with van der Waals surface area (Å²) in [4.78, 5) is 10.1. The summed E-state index contributed by atoms with van der Waals surface area (Å²) in [5.41, 5.74) is 0. The van der Waals surface area contributed by atoms with Crippen LogP contribution >= 0.6 is 0 Å². The lowest BCUT2D eigenvalue weighted by Crippen LogP contribution is -2.45. The van der Waals surface area contributed by atoms with E-state index in [4.69, 9.17) is 10.2 Å². The molecule has 3 N–H and O–H groups in total. The van der Waals surface area contributed by atoms with Crippen molar-refractivity contribution in [3.8, 4) is 0 Å². The average Bonchev–Trinajstić information content (AvgIpc) is 2.05. The van der Waals surface area contributed by atoms with Gasteiger partial charge in [0, 0.05) is 7.11 Å². The fourth-order valence-electron chi connectivity index (χ4n) is 0.833. The first-order valence-corrected chi connectivity index (χ1v) is 3.56. The number of hydrogen-bond acceptors (Lipinski definition) is 5. The molecule has 4 atom stereocenters. The van der Waals surface area contributed by atoms with E-state index in [0.29, 0.717) is 0 Å². The Morgan fingerprint density at radius 1 is 1.33 bits per heavy atom. The maximum atomic E-state index is 10.1. The molecule has 0 aromatic carbocycles. The van der Waals surface area contributed by atoms with Gasteiger partial charge in [0.25, 0.3) is 0 Å². The van der Waals surface area contributed by atoms with Gasteiger partial charge in [0.15, 0.2) is 6.29 Å². The predicted octanol–water partition coefficient (Wildman–Crippen LogP) is -1.70. The first-order valence-electron chi connectivity index (χ1n) is 3.56. The molecular formula is C7H14O5. The van der Waals surface area contributed by atoms with Crippen molar-refractivity contribution in [2.75, 3.05) is 7.11 Å². The summed E-state index contributed by atoms with van der Waals surface area (Å²) in [6.45, 7) is 1.34. The molecule has 5 heteroatoms. The lowest BCUT2D eigenvalue weighted by molar-refractivity contribution is -0.138. The summed E-state index contributed by atoms with van der Waals surface area (Å²) in [7, 11) is 1.24. The molecule has 0 rings (SSSR count). The van der Waals surface area contributed by atoms with Crippen molar-refractivity contribution in [3.63, 3.8) is 0 Å². The number of ether oxygens (including phenoxy) is 1. The zero-order valence-corrected chi connectivity index (χ0v) is 7.04. The number of rotatable bonds is 5. The Balaban J connectivity index is 4.22. The van der Waals surface area contributed by atoms with Crippen LogP contribution in [0.5, 0.6) is 0 Å². The quantitative estimate of drug-likeness (QED) is 0.437. The Morgan fingerprint density at radius 3 is 2.08 bits per heavy atom. The molecule has 0 unspecified atom stereocenters. The fraction of sp³-hybridized carbons (Fsp3) is 0.857. The Hall–Kier alpha value is -0.490. The molecule has 0 saturated heterocycles. The first kappa shape index (κ1) is 11.5. The van der Waals surface area contributed by atoms with E-state index in [1.54, 1.807) is 0 Å². The maximum Gasteiger partial charge on any atom is 0.151 e. The number of carbonyl (C=O) groups is 1. The largest absolute Gasteiger partial charge is 0.391 e. The third kappa shape index (κ3) is 2.86. The van der Waals surface area contributed by atoms with Crippen LogP contribution in [0, 0.1) is 0 Å². The third-order valence-corrected chi connectivity index (χ3v) is 1.58. The SMILES string of the molecule is CO[C@H]([C@H](O)[C@H](C)O)[C@@H](O)C=O. The van der Waals surface area contributed by atoms with Crippen LogP contribution in [-0.2, 0) is 9.53 Å². The van der Waals surface area contributed by atoms with Crippen molar-refractivity contribution >= 4 is 6.29 Å². The molecule has 72 valence electrons. The number of aliphatic hydroxyl groups excluding tert-OH is 3. The number of carbonyl (C=O) groups excluding carboxylic acids is 1. The summed E-state index contributed by atoms with van der Waals surface area (Å²) < 4.78 is 4.63. The monoisotopic (exact) mass is 178 g/mol. The molecular weight excluding hydrogens is 164 g/mol. The molecule has 0 spiro atoms. The van der Waals surface area contributed by atoms with Crippen LogP contribution in [0.15, 0.2) is 0 Å². The van der Waals surface area contributed by atoms with Crippen LogP contribution in [0.25, 0.3) is 0 Å². The van der Waals surface area contributed by atoms with Gasteiger partial charge in [-0.15, -0.1) is 0 Å². The van der Waals surface area contributed by atoms with Gasteiger partial charge in [-0.3, -0.25) is 0 Å². The summed E-state index contributed by atoms with van der Waals surface area (Å²) in [5.74, 6) is 0. The highest BCUT2D eigenvalue weighted by Gasteiger charge is 2.29. The highest BCUT2D eigenvalue weighted by molar-refractivity contribution is 5.56. The molecule has 0 fully saturated rings. The van der Waals surface area contributed by atoms with E-state index in [1.165, 1.54) is 14.0 Å². The summed E-state index contributed by atoms with van der Waals surface area (Å²) in [6, 6.07) is 0. The molecule has 0 radical (unpaired) electrons. The minimum absolute atomic E-state index is 0.250. The zero-order chi connectivity index (χ0) is 9.72. The molecule has 12 heavy (non-hydrogen) atoms. The van der Waals surface area contributed by atoms with Crippen LogP contribution in [0.2, 0.25) is 0 Å². The predicted molar refractivity (Wildman–Crippen MR) is 40.6 cm³/mol. The minimum Gasteiger partial charge on any atom is -0.391 e. The lowest BCUT2D eigenvalue weighted by atomic mass is 10.1. The van der Waals surface area contributed by atoms with E-state index >= 15 is 0 Å². The van der Waals surface area contributed by atoms with Crippen LogP contribution in [0.1, 0.15) is 6.92 Å². The van der Waals surface area contributed by atoms with Crippen molar-refractivity contribution in [2.24, 2.45) is 0 Å². The highest BCUT2D eigenvalue weighted by atomic mass is 16.5. The number of hydrogen-bond donors (Lipinski definition) is 3. The molecule has 5 nitrogen and oxygen atoms in total. The molecule has 0 aliphatic rings. The Kier molecular flexibility index (Phi) is 5.00. The van der Waals surface area contributed by atoms with Crippen molar-refractivity contribution in [1.29, 1.82) is 0 Å². The second kappa shape index (κ2) is 5.21. The van der Waals surface area contributed by atoms with E-state index in [-0.39, 0.29) is 6.29 Å². The van der Waals surface area contributed by atoms with Gasteiger partial charge in [-0.05, 0) is 6.92 Å². The van der Waals surface area contributed by atoms with Crippen molar-refractivity contribution in [1.82, 2.24) is 0 Å². The second-order valence-electron chi connectivity index (χ2n) is 2.56.